The van der Waals surface area contributed by atoms with Gasteiger partial charge in [-0.2, -0.15) is 0 Å². The molecule has 1 unspecified atom stereocenters. The maximum Gasteiger partial charge on any atom is 0.239 e. The van der Waals surface area contributed by atoms with Crippen LogP contribution in [0.15, 0.2) is 53.0 Å². The van der Waals surface area contributed by atoms with Crippen molar-refractivity contribution in [3.8, 4) is 0 Å². The first-order chi connectivity index (χ1) is 12.3. The van der Waals surface area contributed by atoms with E-state index in [9.17, 15) is 14.0 Å². The summed E-state index contributed by atoms with van der Waals surface area (Å²) in [6.45, 7) is 2.22. The van der Waals surface area contributed by atoms with Gasteiger partial charge in [-0.15, -0.1) is 0 Å². The molecule has 2 amide bonds. The van der Waals surface area contributed by atoms with Crippen LogP contribution in [0.4, 0.5) is 10.1 Å². The molecule has 0 bridgehead atoms. The molecular formula is C19H21BrFN3O2. The minimum atomic E-state index is -0.458. The number of primary amides is 1. The highest BCUT2D eigenvalue weighted by molar-refractivity contribution is 9.10. The Morgan fingerprint density at radius 1 is 1.15 bits per heavy atom. The maximum absolute atomic E-state index is 13.1. The molecule has 0 aliphatic carbocycles. The summed E-state index contributed by atoms with van der Waals surface area (Å²) < 4.78 is 14.1. The summed E-state index contributed by atoms with van der Waals surface area (Å²) in [5.41, 5.74) is 6.84. The van der Waals surface area contributed by atoms with Crippen LogP contribution in [0.25, 0.3) is 0 Å². The highest BCUT2D eigenvalue weighted by Crippen LogP contribution is 2.18. The Morgan fingerprint density at radius 3 is 2.35 bits per heavy atom. The van der Waals surface area contributed by atoms with Crippen molar-refractivity contribution in [3.63, 3.8) is 0 Å². The van der Waals surface area contributed by atoms with E-state index in [0.29, 0.717) is 5.69 Å². The van der Waals surface area contributed by atoms with Crippen LogP contribution in [0.5, 0.6) is 0 Å². The van der Waals surface area contributed by atoms with Crippen molar-refractivity contribution >= 4 is 33.4 Å². The summed E-state index contributed by atoms with van der Waals surface area (Å²) in [5.74, 6) is -1.02. The van der Waals surface area contributed by atoms with Gasteiger partial charge in [-0.05, 0) is 48.9 Å². The number of carbonyl (C=O) groups excluding carboxylic acids is 2. The van der Waals surface area contributed by atoms with Gasteiger partial charge in [0.1, 0.15) is 5.82 Å². The van der Waals surface area contributed by atoms with Gasteiger partial charge >= 0.3 is 0 Å². The van der Waals surface area contributed by atoms with Crippen LogP contribution < -0.4 is 16.0 Å². The predicted octanol–water partition coefficient (Wildman–Crippen LogP) is 3.15. The van der Waals surface area contributed by atoms with E-state index in [4.69, 9.17) is 5.73 Å². The van der Waals surface area contributed by atoms with Crippen molar-refractivity contribution in [1.82, 2.24) is 5.32 Å². The van der Waals surface area contributed by atoms with Gasteiger partial charge in [0, 0.05) is 23.1 Å². The monoisotopic (exact) mass is 421 g/mol. The molecule has 26 heavy (non-hydrogen) atoms. The molecule has 0 saturated heterocycles. The molecule has 2 rings (SSSR count). The van der Waals surface area contributed by atoms with Crippen LogP contribution in [0, 0.1) is 5.82 Å². The molecule has 3 N–H and O–H groups in total. The molecule has 1 atom stereocenters. The number of hydrogen-bond acceptors (Lipinski definition) is 3. The van der Waals surface area contributed by atoms with Crippen molar-refractivity contribution < 1.29 is 14.0 Å². The summed E-state index contributed by atoms with van der Waals surface area (Å²) in [5, 5.41) is 2.93. The topological polar surface area (TPSA) is 75.4 Å². The zero-order chi connectivity index (χ0) is 19.1. The number of anilines is 1. The number of hydrogen-bond donors (Lipinski definition) is 2. The van der Waals surface area contributed by atoms with E-state index in [0.717, 1.165) is 10.0 Å². The van der Waals surface area contributed by atoms with Gasteiger partial charge in [-0.25, -0.2) is 4.39 Å². The largest absolute Gasteiger partial charge is 0.370 e. The molecular weight excluding hydrogens is 401 g/mol. The molecule has 2 aromatic carbocycles. The van der Waals surface area contributed by atoms with E-state index >= 15 is 0 Å². The Bertz CT molecular complexity index is 750. The van der Waals surface area contributed by atoms with Crippen molar-refractivity contribution in [2.45, 2.75) is 19.4 Å². The van der Waals surface area contributed by atoms with Crippen molar-refractivity contribution in [3.05, 3.63) is 64.4 Å². The van der Waals surface area contributed by atoms with Gasteiger partial charge in [0.2, 0.25) is 11.8 Å². The zero-order valence-electron chi connectivity index (χ0n) is 14.4. The Kier molecular flexibility index (Phi) is 7.15. The SMILES string of the molecule is CC(NC(=O)CN(CCC(N)=O)c1ccc(F)cc1)c1ccc(Br)cc1. The number of rotatable bonds is 8. The van der Waals surface area contributed by atoms with Gasteiger partial charge in [0.15, 0.2) is 0 Å². The second-order valence-electron chi connectivity index (χ2n) is 5.96. The summed E-state index contributed by atoms with van der Waals surface area (Å²) in [6, 6.07) is 13.3. The number of carbonyl (C=O) groups is 2. The summed E-state index contributed by atoms with van der Waals surface area (Å²) in [4.78, 5) is 25.2. The van der Waals surface area contributed by atoms with Crippen molar-refractivity contribution in [1.29, 1.82) is 0 Å². The van der Waals surface area contributed by atoms with E-state index in [1.807, 2.05) is 31.2 Å². The molecule has 7 heteroatoms. The molecule has 5 nitrogen and oxygen atoms in total. The number of nitrogens with two attached hydrogens (primary N) is 1. The van der Waals surface area contributed by atoms with Gasteiger partial charge in [-0.1, -0.05) is 28.1 Å². The lowest BCUT2D eigenvalue weighted by molar-refractivity contribution is -0.121. The highest BCUT2D eigenvalue weighted by Gasteiger charge is 2.15. The Hall–Kier alpha value is -2.41. The lowest BCUT2D eigenvalue weighted by atomic mass is 10.1. The molecule has 2 aromatic rings. The molecule has 0 spiro atoms. The lowest BCUT2D eigenvalue weighted by Gasteiger charge is -2.25. The van der Waals surface area contributed by atoms with Gasteiger partial charge in [0.05, 0.1) is 12.6 Å². The zero-order valence-corrected chi connectivity index (χ0v) is 16.0. The summed E-state index contributed by atoms with van der Waals surface area (Å²) >= 11 is 3.38. The minimum Gasteiger partial charge on any atom is -0.370 e. The fourth-order valence-electron chi connectivity index (χ4n) is 2.49. The first-order valence-corrected chi connectivity index (χ1v) is 8.98. The van der Waals surface area contributed by atoms with E-state index in [-0.39, 0.29) is 37.3 Å². The van der Waals surface area contributed by atoms with Crippen LogP contribution in [-0.2, 0) is 9.59 Å². The summed E-state index contributed by atoms with van der Waals surface area (Å²) in [7, 11) is 0. The first kappa shape index (κ1) is 19.9. The molecule has 0 aliphatic heterocycles. The van der Waals surface area contributed by atoms with Crippen LogP contribution in [0.2, 0.25) is 0 Å². The van der Waals surface area contributed by atoms with Crippen LogP contribution in [-0.4, -0.2) is 24.9 Å². The third kappa shape index (κ3) is 6.15. The van der Waals surface area contributed by atoms with Crippen molar-refractivity contribution in [2.75, 3.05) is 18.0 Å². The Morgan fingerprint density at radius 2 is 1.77 bits per heavy atom. The van der Waals surface area contributed by atoms with Crippen LogP contribution in [0.1, 0.15) is 24.9 Å². The Labute approximate surface area is 160 Å². The minimum absolute atomic E-state index is 0.0414. The molecule has 0 radical (unpaired) electrons. The second-order valence-corrected chi connectivity index (χ2v) is 6.87. The quantitative estimate of drug-likeness (QED) is 0.687. The lowest BCUT2D eigenvalue weighted by Crippen LogP contribution is -2.39. The van der Waals surface area contributed by atoms with E-state index < -0.39 is 5.91 Å². The second kappa shape index (κ2) is 9.33. The van der Waals surface area contributed by atoms with Crippen LogP contribution >= 0.6 is 15.9 Å². The molecule has 0 saturated carbocycles. The highest BCUT2D eigenvalue weighted by atomic mass is 79.9. The number of amides is 2. The third-order valence-electron chi connectivity index (χ3n) is 3.90. The average molecular weight is 422 g/mol. The number of halogens is 2. The number of nitrogens with zero attached hydrogens (tertiary/aromatic N) is 1. The normalized spacial score (nSPS) is 11.7. The molecule has 0 fully saturated rings. The predicted molar refractivity (Wildman–Crippen MR) is 103 cm³/mol. The molecule has 138 valence electrons. The molecule has 0 aromatic heterocycles. The number of benzene rings is 2. The average Bonchev–Trinajstić information content (AvgIpc) is 2.59. The van der Waals surface area contributed by atoms with Gasteiger partial charge < -0.3 is 16.0 Å². The molecule has 0 heterocycles. The molecule has 0 aliphatic rings. The first-order valence-electron chi connectivity index (χ1n) is 8.19. The standard InChI is InChI=1S/C19H21BrFN3O2/c1-13(14-2-4-15(20)5-3-14)23-19(26)12-24(11-10-18(22)25)17-8-6-16(21)7-9-17/h2-9,13H,10-12H2,1H3,(H2,22,25)(H,23,26). The van der Waals surface area contributed by atoms with E-state index in [2.05, 4.69) is 21.2 Å². The Balaban J connectivity index is 2.03. The van der Waals surface area contributed by atoms with Crippen LogP contribution in [0.3, 0.4) is 0 Å². The maximum atomic E-state index is 13.1. The fraction of sp³-hybridized carbons (Fsp3) is 0.263. The van der Waals surface area contributed by atoms with Crippen molar-refractivity contribution in [2.24, 2.45) is 5.73 Å². The smallest absolute Gasteiger partial charge is 0.239 e. The summed E-state index contributed by atoms with van der Waals surface area (Å²) in [6.07, 6.45) is 0.104. The van der Waals surface area contributed by atoms with E-state index in [1.54, 1.807) is 17.0 Å². The van der Waals surface area contributed by atoms with Gasteiger partial charge in [-0.3, -0.25) is 9.59 Å². The van der Waals surface area contributed by atoms with Gasteiger partial charge in [0.25, 0.3) is 0 Å². The fourth-order valence-corrected chi connectivity index (χ4v) is 2.76. The van der Waals surface area contributed by atoms with E-state index in [1.165, 1.54) is 12.1 Å². The number of nitrogens with one attached hydrogen (secondary N) is 1. The third-order valence-corrected chi connectivity index (χ3v) is 4.43.